The minimum atomic E-state index is -4.31. The average Bonchev–Trinajstić information content (AvgIpc) is 3.38. The molecule has 276 valence electrons. The minimum absolute atomic E-state index is 0.0636. The standard InChI is InChI=1S/C32H47N7O10S/c1-5-48-29-23(12-9-15-38(29)30(33)35-39(44)45)34-26(41)18-37(4)28(43)24(17-27(42)49-19-21-10-7-6-8-11-21)36-50(46,47)20-32-14-13-22(16-25(32)40)31(32,2)3/h6-8,10-11,22-24,29,36H,5,9,12-20H2,1-4H3,(H2,33,35)(H,34,41). The summed E-state index contributed by atoms with van der Waals surface area (Å²) < 4.78 is 40.8. The first-order valence-electron chi connectivity index (χ1n) is 16.6. The number of carbonyl (C=O) groups excluding carboxylic acids is 4. The molecule has 5 atom stereocenters. The Morgan fingerprint density at radius 1 is 1.20 bits per heavy atom. The van der Waals surface area contributed by atoms with E-state index in [9.17, 15) is 37.7 Å². The first kappa shape index (κ1) is 38.6. The number of amides is 2. The highest BCUT2D eigenvalue weighted by molar-refractivity contribution is 7.89. The second kappa shape index (κ2) is 15.8. The van der Waals surface area contributed by atoms with Crippen LogP contribution in [0.2, 0.25) is 0 Å². The van der Waals surface area contributed by atoms with E-state index < -0.39 is 86.7 Å². The van der Waals surface area contributed by atoms with E-state index in [1.807, 2.05) is 13.8 Å². The molecule has 2 aliphatic carbocycles. The lowest BCUT2D eigenvalue weighted by atomic mass is 9.70. The number of sulfonamides is 1. The van der Waals surface area contributed by atoms with Gasteiger partial charge in [0.1, 0.15) is 18.4 Å². The number of hydrogen-bond donors (Lipinski definition) is 4. The molecule has 3 fully saturated rings. The summed E-state index contributed by atoms with van der Waals surface area (Å²) in [6, 6.07) is 6.46. The minimum Gasteiger partial charge on any atom is -0.461 e. The Labute approximate surface area is 291 Å². The van der Waals surface area contributed by atoms with Crippen molar-refractivity contribution in [3.8, 4) is 0 Å². The molecule has 0 aromatic heterocycles. The van der Waals surface area contributed by atoms with Crippen molar-refractivity contribution in [3.63, 3.8) is 0 Å². The lowest BCUT2D eigenvalue weighted by Crippen LogP contribution is -2.61. The van der Waals surface area contributed by atoms with Crippen LogP contribution in [0.1, 0.15) is 64.9 Å². The van der Waals surface area contributed by atoms with Gasteiger partial charge in [-0.15, -0.1) is 0 Å². The number of guanidine groups is 1. The summed E-state index contributed by atoms with van der Waals surface area (Å²) in [5, 5.41) is 20.9. The second-order valence-electron chi connectivity index (χ2n) is 13.7. The van der Waals surface area contributed by atoms with E-state index in [-0.39, 0.29) is 31.5 Å². The van der Waals surface area contributed by atoms with Gasteiger partial charge in [-0.1, -0.05) is 49.6 Å². The predicted octanol–water partition coefficient (Wildman–Crippen LogP) is 0.921. The number of nitro groups is 1. The summed E-state index contributed by atoms with van der Waals surface area (Å²) in [6.45, 7) is 5.30. The third-order valence-corrected chi connectivity index (χ3v) is 11.8. The molecule has 1 aromatic rings. The summed E-state index contributed by atoms with van der Waals surface area (Å²) in [5.74, 6) is -3.47. The van der Waals surface area contributed by atoms with Crippen LogP contribution in [-0.4, -0.2) is 104 Å². The Hall–Kier alpha value is -4.16. The fraction of sp³-hybridized carbons (Fsp3) is 0.656. The summed E-state index contributed by atoms with van der Waals surface area (Å²) in [7, 11) is -3.03. The molecule has 4 N–H and O–H groups in total. The molecule has 0 radical (unpaired) electrons. The quantitative estimate of drug-likeness (QED) is 0.0652. The zero-order chi connectivity index (χ0) is 36.9. The number of rotatable bonds is 15. The van der Waals surface area contributed by atoms with Crippen LogP contribution >= 0.6 is 0 Å². The molecule has 18 heteroatoms. The highest BCUT2D eigenvalue weighted by atomic mass is 32.2. The van der Waals surface area contributed by atoms with E-state index in [1.165, 1.54) is 11.9 Å². The molecule has 4 rings (SSSR count). The number of benzene rings is 1. The van der Waals surface area contributed by atoms with Crippen LogP contribution in [0.3, 0.4) is 0 Å². The molecule has 1 aliphatic heterocycles. The lowest BCUT2D eigenvalue weighted by Gasteiger charge is -2.41. The van der Waals surface area contributed by atoms with Gasteiger partial charge in [-0.2, -0.15) is 0 Å². The van der Waals surface area contributed by atoms with E-state index >= 15 is 0 Å². The van der Waals surface area contributed by atoms with Crippen molar-refractivity contribution in [1.82, 2.24) is 25.3 Å². The highest BCUT2D eigenvalue weighted by Crippen LogP contribution is 2.64. The number of ketones is 1. The fourth-order valence-corrected chi connectivity index (χ4v) is 9.55. The average molecular weight is 722 g/mol. The van der Waals surface area contributed by atoms with Gasteiger partial charge in [0.15, 0.2) is 11.3 Å². The number of carbonyl (C=O) groups is 4. The molecule has 1 aromatic carbocycles. The van der Waals surface area contributed by atoms with Crippen LogP contribution < -0.4 is 15.5 Å². The van der Waals surface area contributed by atoms with Crippen LogP contribution in [0.15, 0.2) is 30.3 Å². The van der Waals surface area contributed by atoms with Gasteiger partial charge in [0.2, 0.25) is 21.8 Å². The lowest BCUT2D eigenvalue weighted by molar-refractivity contribution is -0.527. The molecule has 50 heavy (non-hydrogen) atoms. The number of hydrazine groups is 1. The molecule has 3 aliphatic rings. The molecule has 17 nitrogen and oxygen atoms in total. The third-order valence-electron chi connectivity index (χ3n) is 10.3. The van der Waals surface area contributed by atoms with Crippen molar-refractivity contribution in [2.24, 2.45) is 16.7 Å². The van der Waals surface area contributed by atoms with Crippen molar-refractivity contribution >= 4 is 39.5 Å². The van der Waals surface area contributed by atoms with E-state index in [2.05, 4.69) is 10.0 Å². The zero-order valence-electron chi connectivity index (χ0n) is 28.8. The Morgan fingerprint density at radius 2 is 1.90 bits per heavy atom. The molecule has 1 saturated heterocycles. The molecular formula is C32H47N7O10S. The number of esters is 1. The first-order chi connectivity index (χ1) is 23.5. The van der Waals surface area contributed by atoms with Crippen LogP contribution in [0.5, 0.6) is 0 Å². The third kappa shape index (κ3) is 8.76. The van der Waals surface area contributed by atoms with E-state index in [4.69, 9.17) is 14.9 Å². The largest absolute Gasteiger partial charge is 0.461 e. The number of nitrogens with one attached hydrogen (secondary N) is 4. The van der Waals surface area contributed by atoms with Gasteiger partial charge in [-0.05, 0) is 49.5 Å². The second-order valence-corrected chi connectivity index (χ2v) is 15.5. The number of Topliss-reactive ketones (excluding diaryl/α,β-unsaturated/α-hetero) is 1. The summed E-state index contributed by atoms with van der Waals surface area (Å²) in [5.41, 5.74) is 0.804. The van der Waals surface area contributed by atoms with E-state index in [0.717, 1.165) is 11.3 Å². The Bertz CT molecular complexity index is 1570. The van der Waals surface area contributed by atoms with Gasteiger partial charge >= 0.3 is 5.97 Å². The summed E-state index contributed by atoms with van der Waals surface area (Å²) in [4.78, 5) is 66.3. The van der Waals surface area contributed by atoms with Crippen LogP contribution in [0.4, 0.5) is 0 Å². The maximum atomic E-state index is 13.8. The van der Waals surface area contributed by atoms with Gasteiger partial charge in [0, 0.05) is 32.0 Å². The zero-order valence-corrected chi connectivity index (χ0v) is 29.6. The normalized spacial score (nSPS) is 24.7. The fourth-order valence-electron chi connectivity index (χ4n) is 7.52. The monoisotopic (exact) mass is 721 g/mol. The molecule has 0 spiro atoms. The number of hydrogen-bond acceptors (Lipinski definition) is 11. The maximum absolute atomic E-state index is 13.8. The molecule has 2 amide bonds. The van der Waals surface area contributed by atoms with Crippen LogP contribution in [0, 0.1) is 32.3 Å². The number of likely N-dealkylation sites (tertiary alicyclic amines) is 1. The van der Waals surface area contributed by atoms with Crippen molar-refractivity contribution < 1.29 is 42.1 Å². The van der Waals surface area contributed by atoms with E-state index in [1.54, 1.807) is 42.7 Å². The van der Waals surface area contributed by atoms with Crippen molar-refractivity contribution in [3.05, 3.63) is 46.0 Å². The van der Waals surface area contributed by atoms with Gasteiger partial charge in [0.25, 0.3) is 5.96 Å². The molecule has 5 unspecified atom stereocenters. The van der Waals surface area contributed by atoms with Gasteiger partial charge in [0.05, 0.1) is 24.8 Å². The number of nitrogens with zero attached hydrogens (tertiary/aromatic N) is 3. The topological polar surface area (TPSA) is 230 Å². The van der Waals surface area contributed by atoms with E-state index in [0.29, 0.717) is 31.2 Å². The molecule has 1 heterocycles. The van der Waals surface area contributed by atoms with Gasteiger partial charge in [-0.3, -0.25) is 24.6 Å². The van der Waals surface area contributed by atoms with Crippen LogP contribution in [0.25, 0.3) is 0 Å². The van der Waals surface area contributed by atoms with Gasteiger partial charge < -0.3 is 24.6 Å². The number of ether oxygens (including phenoxy) is 2. The van der Waals surface area contributed by atoms with Crippen LogP contribution in [-0.2, 0) is 45.3 Å². The maximum Gasteiger partial charge on any atom is 0.308 e. The molecule has 2 bridgehead atoms. The summed E-state index contributed by atoms with van der Waals surface area (Å²) in [6.07, 6.45) is 0.742. The Morgan fingerprint density at radius 3 is 2.50 bits per heavy atom. The molecule has 2 saturated carbocycles. The van der Waals surface area contributed by atoms with Crippen molar-refractivity contribution in [2.75, 3.05) is 32.5 Å². The predicted molar refractivity (Wildman–Crippen MR) is 179 cm³/mol. The number of piperidine rings is 1. The molecular weight excluding hydrogens is 674 g/mol. The Balaban J connectivity index is 1.47. The summed E-state index contributed by atoms with van der Waals surface area (Å²) >= 11 is 0. The number of likely N-dealkylation sites (N-methyl/N-ethyl adjacent to an activating group) is 1. The van der Waals surface area contributed by atoms with Gasteiger partial charge in [-0.25, -0.2) is 23.3 Å². The SMILES string of the molecule is CCOC1C(NC(=O)CN(C)C(=O)C(CC(=O)OCc2ccccc2)NS(=O)(=O)CC23CCC(CC2=O)C3(C)C)CCCN1C(=N)N[N+](=O)[O-]. The highest BCUT2D eigenvalue weighted by Gasteiger charge is 2.65. The number of fused-ring (bicyclic) bond motifs is 2. The smallest absolute Gasteiger partial charge is 0.308 e. The van der Waals surface area contributed by atoms with Crippen molar-refractivity contribution in [2.45, 2.75) is 84.2 Å². The van der Waals surface area contributed by atoms with Crippen molar-refractivity contribution in [1.29, 1.82) is 5.41 Å². The Kier molecular flexibility index (Phi) is 12.2. The first-order valence-corrected chi connectivity index (χ1v) is 18.3.